The highest BCUT2D eigenvalue weighted by atomic mass is 29.9. The summed E-state index contributed by atoms with van der Waals surface area (Å²) in [5.41, 5.74) is 0.571. The summed E-state index contributed by atoms with van der Waals surface area (Å²) < 4.78 is 0. The molecule has 1 nitrogen and oxygen atoms in total. The van der Waals surface area contributed by atoms with E-state index in [4.69, 9.17) is 4.98 Å². The first-order valence-corrected chi connectivity index (χ1v) is 26.0. The van der Waals surface area contributed by atoms with Gasteiger partial charge in [-0.1, -0.05) is 58.9 Å². The average molecular weight is 398 g/mol. The molecule has 4 saturated carbocycles. The summed E-state index contributed by atoms with van der Waals surface area (Å²) in [5, 5.41) is 0. The predicted octanol–water partition coefficient (Wildman–Crippen LogP) is 5.74. The van der Waals surface area contributed by atoms with Crippen LogP contribution in [0.5, 0.6) is 0 Å². The number of rotatable bonds is 5. The van der Waals surface area contributed by atoms with Gasteiger partial charge in [-0.3, -0.25) is 0 Å². The lowest BCUT2D eigenvalue weighted by atomic mass is 9.53. The van der Waals surface area contributed by atoms with Crippen LogP contribution < -0.4 is 4.98 Å². The van der Waals surface area contributed by atoms with E-state index in [9.17, 15) is 0 Å². The Morgan fingerprint density at radius 1 is 0.583 bits per heavy atom. The van der Waals surface area contributed by atoms with Gasteiger partial charge in [-0.05, 0) is 56.3 Å². The van der Waals surface area contributed by atoms with Gasteiger partial charge in [0.2, 0.25) is 0 Å². The van der Waals surface area contributed by atoms with Gasteiger partial charge < -0.3 is 4.98 Å². The zero-order chi connectivity index (χ0) is 18.2. The third-order valence-corrected chi connectivity index (χ3v) is 77.4. The van der Waals surface area contributed by atoms with Gasteiger partial charge in [0.1, 0.15) is 0 Å². The Morgan fingerprint density at radius 2 is 0.875 bits per heavy atom. The Bertz CT molecular complexity index is 424. The van der Waals surface area contributed by atoms with E-state index in [1.54, 1.807) is 19.3 Å². The minimum Gasteiger partial charge on any atom is -0.338 e. The first-order valence-electron chi connectivity index (χ1n) is 10.5. The van der Waals surface area contributed by atoms with E-state index in [1.165, 1.54) is 19.3 Å². The molecule has 4 aliphatic rings. The second kappa shape index (κ2) is 5.66. The van der Waals surface area contributed by atoms with Crippen LogP contribution in [-0.2, 0) is 0 Å². The van der Waals surface area contributed by atoms with Gasteiger partial charge in [0.15, 0.2) is 0 Å². The first-order chi connectivity index (χ1) is 10.7. The minimum atomic E-state index is -1.42. The predicted molar refractivity (Wildman–Crippen MR) is 120 cm³/mol. The highest BCUT2D eigenvalue weighted by molar-refractivity contribution is 7.88. The van der Waals surface area contributed by atoms with Crippen molar-refractivity contribution >= 4 is 29.6 Å². The average Bonchev–Trinajstić information content (AvgIpc) is 2.29. The van der Waals surface area contributed by atoms with Crippen LogP contribution in [-0.4, -0.2) is 35.1 Å². The zero-order valence-corrected chi connectivity index (χ0v) is 22.0. The van der Waals surface area contributed by atoms with Crippen molar-refractivity contribution in [3.8, 4) is 0 Å². The lowest BCUT2D eigenvalue weighted by Gasteiger charge is -2.66. The number of hydrogen-bond acceptors (Lipinski definition) is 1. The maximum Gasteiger partial charge on any atom is 0.0978 e. The van der Waals surface area contributed by atoms with Crippen LogP contribution in [0.15, 0.2) is 0 Å². The van der Waals surface area contributed by atoms with E-state index in [1.807, 2.05) is 0 Å². The highest BCUT2D eigenvalue weighted by Gasteiger charge is 2.65. The van der Waals surface area contributed by atoms with Crippen molar-refractivity contribution in [2.24, 2.45) is 17.8 Å². The zero-order valence-electron chi connectivity index (χ0n) is 18.0. The van der Waals surface area contributed by atoms with Crippen molar-refractivity contribution < 1.29 is 0 Å². The molecule has 0 amide bonds. The maximum absolute atomic E-state index is 4.82. The lowest BCUT2D eigenvalue weighted by molar-refractivity contribution is -0.00887. The number of nitrogens with one attached hydrogen (secondary N) is 1. The molecule has 0 aromatic heterocycles. The molecular formula is C19H43NSi4. The van der Waals surface area contributed by atoms with Crippen LogP contribution in [0.2, 0.25) is 58.9 Å². The van der Waals surface area contributed by atoms with E-state index < -0.39 is 29.6 Å². The monoisotopic (exact) mass is 397 g/mol. The topological polar surface area (TPSA) is 12.0 Å². The molecule has 24 heavy (non-hydrogen) atoms. The molecule has 4 fully saturated rings. The van der Waals surface area contributed by atoms with Crippen LogP contribution in [0.1, 0.15) is 38.5 Å². The van der Waals surface area contributed by atoms with Gasteiger partial charge in [0, 0.05) is 5.54 Å². The smallest absolute Gasteiger partial charge is 0.0978 e. The Morgan fingerprint density at radius 3 is 1.12 bits per heavy atom. The Hall–Kier alpha value is 0.828. The number of hydrogen-bond donors (Lipinski definition) is 1. The van der Waals surface area contributed by atoms with E-state index in [0.717, 1.165) is 17.8 Å². The van der Waals surface area contributed by atoms with Gasteiger partial charge in [-0.15, -0.1) is 0 Å². The summed E-state index contributed by atoms with van der Waals surface area (Å²) in [4.78, 5) is 4.82. The minimum absolute atomic E-state index is 0.571. The fourth-order valence-electron chi connectivity index (χ4n) is 8.60. The molecule has 4 bridgehead atoms. The second-order valence-corrected chi connectivity index (χ2v) is 52.8. The third kappa shape index (κ3) is 2.94. The molecule has 0 aromatic rings. The van der Waals surface area contributed by atoms with Crippen molar-refractivity contribution in [1.29, 1.82) is 0 Å². The van der Waals surface area contributed by atoms with E-state index >= 15 is 0 Å². The van der Waals surface area contributed by atoms with Crippen LogP contribution in [0.3, 0.4) is 0 Å². The normalized spacial score (nSPS) is 37.1. The molecule has 1 N–H and O–H groups in total. The van der Waals surface area contributed by atoms with Crippen LogP contribution in [0.4, 0.5) is 0 Å². The fraction of sp³-hybridized carbons (Fsp3) is 1.00. The quantitative estimate of drug-likeness (QED) is 0.583. The second-order valence-electron chi connectivity index (χ2n) is 12.8. The van der Waals surface area contributed by atoms with Crippen molar-refractivity contribution in [3.63, 3.8) is 0 Å². The Labute approximate surface area is 155 Å². The fourth-order valence-corrected chi connectivity index (χ4v) is 104. The summed E-state index contributed by atoms with van der Waals surface area (Å²) in [7, 11) is -3.63. The van der Waals surface area contributed by atoms with E-state index in [2.05, 4.69) is 58.9 Å². The van der Waals surface area contributed by atoms with Crippen LogP contribution in [0.25, 0.3) is 0 Å². The summed E-state index contributed by atoms with van der Waals surface area (Å²) in [6, 6.07) is 0. The Balaban J connectivity index is 2.05. The summed E-state index contributed by atoms with van der Waals surface area (Å²) in [5.74, 6) is 3.21. The summed E-state index contributed by atoms with van der Waals surface area (Å²) >= 11 is 0. The molecule has 0 spiro atoms. The molecule has 5 heteroatoms. The van der Waals surface area contributed by atoms with Gasteiger partial charge in [-0.2, -0.15) is 0 Å². The van der Waals surface area contributed by atoms with Crippen molar-refractivity contribution in [2.75, 3.05) is 0 Å². The SMILES string of the molecule is C[Si](C)(C)[Si](NC12CC3CC(CC(C3)C1)C2)([Si](C)(C)C)[Si](C)(C)C. The van der Waals surface area contributed by atoms with E-state index in [0.29, 0.717) is 5.54 Å². The van der Waals surface area contributed by atoms with Gasteiger partial charge in [0.05, 0.1) is 29.6 Å². The van der Waals surface area contributed by atoms with E-state index in [-0.39, 0.29) is 0 Å². The third-order valence-electron chi connectivity index (χ3n) is 7.87. The molecule has 4 rings (SSSR count). The molecule has 0 atom stereocenters. The molecule has 0 unspecified atom stereocenters. The van der Waals surface area contributed by atoms with Crippen LogP contribution >= 0.6 is 0 Å². The molecule has 0 heterocycles. The standard InChI is InChI=1S/C19H43NSi4/c1-21(2,3)24(22(4,5)6,23(7,8)9)20-19-13-16-10-17(14-19)12-18(11-16)15-19/h16-18,20H,10-15H2,1-9H3. The Kier molecular flexibility index (Phi) is 4.62. The summed E-state index contributed by atoms with van der Waals surface area (Å²) in [6.45, 7) is 23.2. The molecule has 140 valence electrons. The first kappa shape index (κ1) is 19.6. The van der Waals surface area contributed by atoms with Gasteiger partial charge >= 0.3 is 0 Å². The molecule has 0 aromatic carbocycles. The maximum atomic E-state index is 4.82. The van der Waals surface area contributed by atoms with Crippen molar-refractivity contribution in [1.82, 2.24) is 4.98 Å². The molecule has 0 saturated heterocycles. The summed E-state index contributed by atoms with van der Waals surface area (Å²) in [6.07, 6.45) is 9.32. The van der Waals surface area contributed by atoms with Crippen molar-refractivity contribution in [3.05, 3.63) is 0 Å². The van der Waals surface area contributed by atoms with Gasteiger partial charge in [-0.25, -0.2) is 0 Å². The van der Waals surface area contributed by atoms with Crippen LogP contribution in [0, 0.1) is 17.8 Å². The van der Waals surface area contributed by atoms with Gasteiger partial charge in [0.25, 0.3) is 0 Å². The highest BCUT2D eigenvalue weighted by Crippen LogP contribution is 2.56. The molecular weight excluding hydrogens is 355 g/mol. The molecule has 0 aliphatic heterocycles. The lowest BCUT2D eigenvalue weighted by Crippen LogP contribution is -2.92. The largest absolute Gasteiger partial charge is 0.338 e. The molecule has 4 aliphatic carbocycles. The molecule has 0 radical (unpaired) electrons. The van der Waals surface area contributed by atoms with Crippen molar-refractivity contribution in [2.45, 2.75) is 103 Å².